The van der Waals surface area contributed by atoms with Gasteiger partial charge < -0.3 is 5.32 Å². The first-order valence-electron chi connectivity index (χ1n) is 12.9. The molecule has 1 amide bonds. The highest BCUT2D eigenvalue weighted by molar-refractivity contribution is 5.94. The Balaban J connectivity index is 1.03. The average Bonchev–Trinajstić information content (AvgIpc) is 3.36. The molecule has 2 aliphatic carbocycles. The lowest BCUT2D eigenvalue weighted by molar-refractivity contribution is -0.124. The molecule has 1 N–H and O–H groups in total. The molecule has 186 valence electrons. The Kier molecular flexibility index (Phi) is 6.75. The van der Waals surface area contributed by atoms with Gasteiger partial charge in [-0.15, -0.1) is 0 Å². The number of halogens is 2. The second-order valence-corrected chi connectivity index (χ2v) is 10.7. The molecule has 0 spiro atoms. The Labute approximate surface area is 206 Å². The van der Waals surface area contributed by atoms with Crippen molar-refractivity contribution in [3.05, 3.63) is 65.7 Å². The molecule has 0 radical (unpaired) electrons. The van der Waals surface area contributed by atoms with Crippen molar-refractivity contribution in [2.45, 2.75) is 63.3 Å². The minimum atomic E-state index is -2.96. The molecular weight excluding hydrogens is 446 g/mol. The number of nitrogens with one attached hydrogen (secondary N) is 1. The van der Waals surface area contributed by atoms with Gasteiger partial charge in [-0.3, -0.25) is 14.5 Å². The maximum atomic E-state index is 13.5. The van der Waals surface area contributed by atoms with E-state index in [4.69, 9.17) is 0 Å². The van der Waals surface area contributed by atoms with Crippen molar-refractivity contribution in [2.75, 3.05) is 18.4 Å². The molecule has 6 heteroatoms. The van der Waals surface area contributed by atoms with Gasteiger partial charge in [0.25, 0.3) is 5.92 Å². The minimum Gasteiger partial charge on any atom is -0.326 e. The maximum absolute atomic E-state index is 13.5. The third kappa shape index (κ3) is 5.48. The van der Waals surface area contributed by atoms with Gasteiger partial charge in [-0.1, -0.05) is 42.5 Å². The standard InChI is InChI=1S/C29H34F2N2O2/c1-29(30,31)21-8-5-9-22(16-21)32-27(35)15-14-26(34)28-24-17-33(18-25(24)28)23-12-10-20(11-13-23)19-6-3-2-4-7-19/h2-9,16,20,23-25,28H,10-15,17-18H2,1H3,(H,32,35)/t20?,23?,24-,25+,28?. The molecule has 2 aromatic rings. The van der Waals surface area contributed by atoms with Gasteiger partial charge in [0.1, 0.15) is 5.78 Å². The summed E-state index contributed by atoms with van der Waals surface area (Å²) in [5.74, 6) is -1.43. The summed E-state index contributed by atoms with van der Waals surface area (Å²) in [6, 6.07) is 17.2. The quantitative estimate of drug-likeness (QED) is 0.505. The van der Waals surface area contributed by atoms with Gasteiger partial charge in [-0.2, -0.15) is 0 Å². The number of anilines is 1. The normalized spacial score (nSPS) is 28.4. The van der Waals surface area contributed by atoms with Crippen LogP contribution in [0.15, 0.2) is 54.6 Å². The Bertz CT molecular complexity index is 1050. The van der Waals surface area contributed by atoms with Crippen LogP contribution >= 0.6 is 0 Å². The van der Waals surface area contributed by atoms with E-state index < -0.39 is 5.92 Å². The molecule has 3 aliphatic rings. The van der Waals surface area contributed by atoms with Gasteiger partial charge in [0.05, 0.1) is 0 Å². The second-order valence-electron chi connectivity index (χ2n) is 10.7. The monoisotopic (exact) mass is 480 g/mol. The molecular formula is C29H34F2N2O2. The van der Waals surface area contributed by atoms with E-state index in [9.17, 15) is 18.4 Å². The van der Waals surface area contributed by atoms with E-state index in [-0.39, 0.29) is 36.0 Å². The van der Waals surface area contributed by atoms with Crippen molar-refractivity contribution < 1.29 is 18.4 Å². The second kappa shape index (κ2) is 9.81. The van der Waals surface area contributed by atoms with Gasteiger partial charge in [0.15, 0.2) is 0 Å². The highest BCUT2D eigenvalue weighted by Gasteiger charge is 2.59. The van der Waals surface area contributed by atoms with E-state index in [1.165, 1.54) is 49.4 Å². The van der Waals surface area contributed by atoms with Crippen molar-refractivity contribution in [1.82, 2.24) is 4.90 Å². The SMILES string of the molecule is CC(F)(F)c1cccc(NC(=O)CCC(=O)C2[C@H]3CN(C4CCC(c5ccccc5)CC4)C[C@@H]23)c1. The van der Waals surface area contributed by atoms with Crippen molar-refractivity contribution in [3.63, 3.8) is 0 Å². The highest BCUT2D eigenvalue weighted by atomic mass is 19.3. The number of fused-ring (bicyclic) bond motifs is 1. The minimum absolute atomic E-state index is 0.0920. The molecule has 35 heavy (non-hydrogen) atoms. The summed E-state index contributed by atoms with van der Waals surface area (Å²) in [6.45, 7) is 2.84. The topological polar surface area (TPSA) is 49.4 Å². The first-order valence-corrected chi connectivity index (χ1v) is 12.9. The Hall–Kier alpha value is -2.60. The average molecular weight is 481 g/mol. The summed E-state index contributed by atoms with van der Waals surface area (Å²) in [5, 5.41) is 2.65. The Morgan fingerprint density at radius 3 is 2.29 bits per heavy atom. The van der Waals surface area contributed by atoms with Crippen LogP contribution in [-0.4, -0.2) is 35.7 Å². The Morgan fingerprint density at radius 1 is 0.943 bits per heavy atom. The number of hydrogen-bond donors (Lipinski definition) is 1. The summed E-state index contributed by atoms with van der Waals surface area (Å²) in [5.41, 5.74) is 1.65. The number of rotatable bonds is 8. The zero-order valence-electron chi connectivity index (χ0n) is 20.3. The Morgan fingerprint density at radius 2 is 1.63 bits per heavy atom. The number of amides is 1. The van der Waals surface area contributed by atoms with Crippen molar-refractivity contribution in [2.24, 2.45) is 17.8 Å². The number of ketones is 1. The van der Waals surface area contributed by atoms with Crippen LogP contribution in [0.4, 0.5) is 14.5 Å². The number of piperidine rings is 1. The fourth-order valence-corrected chi connectivity index (χ4v) is 6.33. The molecule has 5 rings (SSSR count). The molecule has 1 aliphatic heterocycles. The number of alkyl halides is 2. The van der Waals surface area contributed by atoms with E-state index in [2.05, 4.69) is 40.5 Å². The predicted octanol–water partition coefficient (Wildman–Crippen LogP) is 5.99. The molecule has 1 saturated heterocycles. The molecule has 1 heterocycles. The molecule has 2 saturated carbocycles. The van der Waals surface area contributed by atoms with E-state index in [0.717, 1.165) is 20.0 Å². The van der Waals surface area contributed by atoms with Crippen LogP contribution in [0.3, 0.4) is 0 Å². The number of benzene rings is 2. The van der Waals surface area contributed by atoms with Crippen LogP contribution in [0.2, 0.25) is 0 Å². The van der Waals surface area contributed by atoms with Crippen LogP contribution in [0.1, 0.15) is 62.5 Å². The molecule has 2 aromatic carbocycles. The maximum Gasteiger partial charge on any atom is 0.270 e. The van der Waals surface area contributed by atoms with Gasteiger partial charge in [0.2, 0.25) is 5.91 Å². The zero-order chi connectivity index (χ0) is 24.6. The van der Waals surface area contributed by atoms with Gasteiger partial charge in [-0.25, -0.2) is 8.78 Å². The third-order valence-corrected chi connectivity index (χ3v) is 8.33. The first kappa shape index (κ1) is 24.1. The van der Waals surface area contributed by atoms with Gasteiger partial charge in [-0.05, 0) is 61.1 Å². The lowest BCUT2D eigenvalue weighted by atomic mass is 9.81. The van der Waals surface area contributed by atoms with Crippen LogP contribution < -0.4 is 5.32 Å². The number of nitrogens with zero attached hydrogens (tertiary/aromatic N) is 1. The lowest BCUT2D eigenvalue weighted by Crippen LogP contribution is -2.38. The fraction of sp³-hybridized carbons (Fsp3) is 0.517. The van der Waals surface area contributed by atoms with E-state index in [1.807, 2.05) is 0 Å². The number of Topliss-reactive ketones (excluding diaryl/α,β-unsaturated/α-hetero) is 1. The van der Waals surface area contributed by atoms with Crippen LogP contribution in [0.25, 0.3) is 0 Å². The number of carbonyl (C=O) groups is 2. The molecule has 0 aromatic heterocycles. The number of likely N-dealkylation sites (tertiary alicyclic amines) is 1. The van der Waals surface area contributed by atoms with Crippen LogP contribution in [-0.2, 0) is 15.5 Å². The van der Waals surface area contributed by atoms with Crippen LogP contribution in [0.5, 0.6) is 0 Å². The summed E-state index contributed by atoms with van der Waals surface area (Å²) in [7, 11) is 0. The van der Waals surface area contributed by atoms with Crippen molar-refractivity contribution in [1.29, 1.82) is 0 Å². The molecule has 0 bridgehead atoms. The first-order chi connectivity index (χ1) is 16.8. The smallest absolute Gasteiger partial charge is 0.270 e. The number of hydrogen-bond acceptors (Lipinski definition) is 3. The van der Waals surface area contributed by atoms with E-state index >= 15 is 0 Å². The van der Waals surface area contributed by atoms with Crippen molar-refractivity contribution in [3.8, 4) is 0 Å². The van der Waals surface area contributed by atoms with Gasteiger partial charge >= 0.3 is 0 Å². The summed E-state index contributed by atoms with van der Waals surface area (Å²) in [4.78, 5) is 27.6. The molecule has 1 unspecified atom stereocenters. The third-order valence-electron chi connectivity index (χ3n) is 8.33. The van der Waals surface area contributed by atoms with E-state index in [0.29, 0.717) is 29.5 Å². The van der Waals surface area contributed by atoms with E-state index in [1.54, 1.807) is 6.07 Å². The largest absolute Gasteiger partial charge is 0.326 e. The lowest BCUT2D eigenvalue weighted by Gasteiger charge is -2.36. The van der Waals surface area contributed by atoms with Crippen molar-refractivity contribution >= 4 is 17.4 Å². The van der Waals surface area contributed by atoms with Crippen LogP contribution in [0, 0.1) is 17.8 Å². The zero-order valence-corrected chi connectivity index (χ0v) is 20.3. The molecule has 3 fully saturated rings. The highest BCUT2D eigenvalue weighted by Crippen LogP contribution is 2.54. The van der Waals surface area contributed by atoms with Gasteiger partial charge in [0, 0.05) is 56.1 Å². The molecule has 4 nitrogen and oxygen atoms in total. The summed E-state index contributed by atoms with van der Waals surface area (Å²) < 4.78 is 27.0. The number of carbonyl (C=O) groups excluding carboxylic acids is 2. The summed E-state index contributed by atoms with van der Waals surface area (Å²) in [6.07, 6.45) is 5.23. The predicted molar refractivity (Wildman–Crippen MR) is 132 cm³/mol. The molecule has 3 atom stereocenters. The summed E-state index contributed by atoms with van der Waals surface area (Å²) >= 11 is 0. The fourth-order valence-electron chi connectivity index (χ4n) is 6.33.